The molecular formula is C19H18NNa2O6PS. The minimum absolute atomic E-state index is 0. The van der Waals surface area contributed by atoms with Gasteiger partial charge in [-0.25, -0.2) is 0 Å². The van der Waals surface area contributed by atoms with Gasteiger partial charge in [-0.3, -0.25) is 0 Å². The third-order valence-corrected chi connectivity index (χ3v) is 5.63. The number of aryl methyl sites for hydroxylation is 1. The van der Waals surface area contributed by atoms with Crippen LogP contribution >= 0.6 is 19.4 Å². The first-order valence-corrected chi connectivity index (χ1v) is 10.5. The second-order valence-corrected chi connectivity index (χ2v) is 7.97. The van der Waals surface area contributed by atoms with Crippen LogP contribution in [0.5, 0.6) is 17.2 Å². The first-order valence-electron chi connectivity index (χ1n) is 8.24. The Morgan fingerprint density at radius 1 is 0.967 bits per heavy atom. The summed E-state index contributed by atoms with van der Waals surface area (Å²) in [6.07, 6.45) is 1.61. The summed E-state index contributed by atoms with van der Waals surface area (Å²) >= 11 is 1.25. The van der Waals surface area contributed by atoms with Crippen LogP contribution in [-0.2, 0) is 4.57 Å². The van der Waals surface area contributed by atoms with E-state index in [1.165, 1.54) is 24.7 Å². The van der Waals surface area contributed by atoms with Crippen LogP contribution in [0.15, 0.2) is 36.5 Å². The molecule has 30 heavy (non-hydrogen) atoms. The van der Waals surface area contributed by atoms with Gasteiger partial charge in [0.25, 0.3) is 0 Å². The number of nitrogens with zero attached hydrogens (tertiary/aromatic N) is 1. The number of benzene rings is 2. The van der Waals surface area contributed by atoms with Gasteiger partial charge in [-0.15, -0.1) is 0 Å². The van der Waals surface area contributed by atoms with E-state index in [2.05, 4.69) is 4.37 Å². The van der Waals surface area contributed by atoms with E-state index in [9.17, 15) is 14.4 Å². The van der Waals surface area contributed by atoms with Gasteiger partial charge in [0.05, 0.1) is 19.1 Å². The molecule has 148 valence electrons. The number of hydrogen-bond acceptors (Lipinski definition) is 8. The first kappa shape index (κ1) is 27.7. The first-order chi connectivity index (χ1) is 13.2. The molecule has 0 N–H and O–H groups in total. The average molecular weight is 465 g/mol. The van der Waals surface area contributed by atoms with Crippen molar-refractivity contribution in [3.8, 4) is 38.8 Å². The van der Waals surface area contributed by atoms with Crippen molar-refractivity contribution < 1.29 is 87.5 Å². The zero-order chi connectivity index (χ0) is 20.5. The van der Waals surface area contributed by atoms with Crippen LogP contribution in [0, 0.1) is 13.8 Å². The molecule has 0 atom stereocenters. The van der Waals surface area contributed by atoms with E-state index in [1.807, 2.05) is 26.0 Å². The molecule has 0 amide bonds. The Morgan fingerprint density at radius 3 is 2.27 bits per heavy atom. The molecule has 0 spiro atoms. The quantitative estimate of drug-likeness (QED) is 0.289. The van der Waals surface area contributed by atoms with Gasteiger partial charge in [-0.05, 0) is 60.3 Å². The number of ether oxygens (including phenoxy) is 2. The molecule has 0 radical (unpaired) electrons. The second kappa shape index (κ2) is 11.5. The minimum atomic E-state index is -5.25. The third kappa shape index (κ3) is 6.33. The summed E-state index contributed by atoms with van der Waals surface area (Å²) in [6, 6.07) is 8.56. The SMILES string of the molecule is COc1ccc(-c2cnsc2-c2cc(C)c(C)c(OC)c2)c(OP(=O)([O-])[O-])c1.[Na+].[Na+]. The Hall–Kier alpha value is -0.380. The van der Waals surface area contributed by atoms with Gasteiger partial charge in [-0.2, -0.15) is 4.37 Å². The van der Waals surface area contributed by atoms with Crippen LogP contribution in [0.3, 0.4) is 0 Å². The van der Waals surface area contributed by atoms with Gasteiger partial charge >= 0.3 is 59.1 Å². The maximum absolute atomic E-state index is 11.2. The van der Waals surface area contributed by atoms with Crippen molar-refractivity contribution in [1.82, 2.24) is 4.37 Å². The van der Waals surface area contributed by atoms with Crippen LogP contribution in [-0.4, -0.2) is 18.6 Å². The fourth-order valence-corrected chi connectivity index (χ4v) is 4.00. The molecule has 0 aliphatic carbocycles. The molecule has 0 aliphatic rings. The van der Waals surface area contributed by atoms with Crippen molar-refractivity contribution in [3.63, 3.8) is 0 Å². The molecule has 3 rings (SSSR count). The molecule has 0 saturated carbocycles. The van der Waals surface area contributed by atoms with Crippen molar-refractivity contribution in [1.29, 1.82) is 0 Å². The molecule has 0 aliphatic heterocycles. The molecule has 0 bridgehead atoms. The van der Waals surface area contributed by atoms with Crippen LogP contribution in [0.1, 0.15) is 11.1 Å². The summed E-state index contributed by atoms with van der Waals surface area (Å²) in [7, 11) is -2.21. The van der Waals surface area contributed by atoms with Gasteiger partial charge in [0.1, 0.15) is 25.1 Å². The molecule has 1 heterocycles. The molecule has 0 unspecified atom stereocenters. The molecule has 0 fully saturated rings. The maximum atomic E-state index is 11.2. The summed E-state index contributed by atoms with van der Waals surface area (Å²) in [5.74, 6) is 0.999. The van der Waals surface area contributed by atoms with Gasteiger partial charge in [0, 0.05) is 23.4 Å². The molecule has 0 saturated heterocycles. The van der Waals surface area contributed by atoms with Crippen molar-refractivity contribution in [2.45, 2.75) is 13.8 Å². The molecule has 2 aromatic carbocycles. The van der Waals surface area contributed by atoms with Crippen LogP contribution < -0.4 is 82.9 Å². The zero-order valence-electron chi connectivity index (χ0n) is 17.7. The zero-order valence-corrected chi connectivity index (χ0v) is 23.4. The standard InChI is InChI=1S/C19H20NO6PS.2Na/c1-11-7-13(8-17(25-4)12(11)2)19-16(10-20-28-19)15-6-5-14(24-3)9-18(15)26-27(21,22)23;;/h5-10H,1-4H3,(H2,21,22,23);;/q;2*+1/p-2. The predicted octanol–water partition coefficient (Wildman–Crippen LogP) is -2.67. The van der Waals surface area contributed by atoms with E-state index in [1.54, 1.807) is 25.4 Å². The Bertz CT molecular complexity index is 1070. The van der Waals surface area contributed by atoms with Gasteiger partial charge in [0.2, 0.25) is 0 Å². The number of methoxy groups -OCH3 is 2. The molecule has 11 heteroatoms. The molecule has 1 aromatic heterocycles. The third-order valence-electron chi connectivity index (χ3n) is 4.36. The van der Waals surface area contributed by atoms with E-state index in [-0.39, 0.29) is 64.9 Å². The second-order valence-electron chi connectivity index (χ2n) is 6.09. The number of phosphoric ester groups is 1. The summed E-state index contributed by atoms with van der Waals surface area (Å²) in [5, 5.41) is 0. The Labute approximate surface area is 223 Å². The smallest absolute Gasteiger partial charge is 0.780 e. The van der Waals surface area contributed by atoms with Crippen LogP contribution in [0.4, 0.5) is 0 Å². The van der Waals surface area contributed by atoms with Crippen LogP contribution in [0.25, 0.3) is 21.6 Å². The van der Waals surface area contributed by atoms with E-state index in [4.69, 9.17) is 14.0 Å². The van der Waals surface area contributed by atoms with Crippen molar-refractivity contribution in [3.05, 3.63) is 47.7 Å². The Morgan fingerprint density at radius 2 is 1.67 bits per heavy atom. The normalized spacial score (nSPS) is 10.6. The molecule has 3 aromatic rings. The van der Waals surface area contributed by atoms with Gasteiger partial charge < -0.3 is 28.3 Å². The van der Waals surface area contributed by atoms with E-state index in [0.29, 0.717) is 16.9 Å². The number of aromatic nitrogens is 1. The van der Waals surface area contributed by atoms with Crippen molar-refractivity contribution in [2.24, 2.45) is 0 Å². The predicted molar refractivity (Wildman–Crippen MR) is 104 cm³/mol. The maximum Gasteiger partial charge on any atom is 1.00 e. The van der Waals surface area contributed by atoms with Crippen molar-refractivity contribution in [2.75, 3.05) is 14.2 Å². The van der Waals surface area contributed by atoms with E-state index >= 15 is 0 Å². The Kier molecular flexibility index (Phi) is 10.6. The average Bonchev–Trinajstić information content (AvgIpc) is 3.12. The summed E-state index contributed by atoms with van der Waals surface area (Å²) in [6.45, 7) is 3.95. The van der Waals surface area contributed by atoms with Crippen molar-refractivity contribution >= 4 is 19.4 Å². The Balaban J connectivity index is 0.00000225. The summed E-state index contributed by atoms with van der Waals surface area (Å²) in [4.78, 5) is 23.2. The molecular weight excluding hydrogens is 447 g/mol. The van der Waals surface area contributed by atoms with Gasteiger partial charge in [-0.1, -0.05) is 6.07 Å². The van der Waals surface area contributed by atoms with E-state index in [0.717, 1.165) is 27.3 Å². The monoisotopic (exact) mass is 465 g/mol. The number of rotatable bonds is 6. The minimum Gasteiger partial charge on any atom is -0.780 e. The molecule has 7 nitrogen and oxygen atoms in total. The topological polar surface area (TPSA) is 104 Å². The fourth-order valence-electron chi connectivity index (χ4n) is 2.86. The van der Waals surface area contributed by atoms with E-state index < -0.39 is 7.82 Å². The van der Waals surface area contributed by atoms with Gasteiger partial charge in [0.15, 0.2) is 0 Å². The number of hydrogen-bond donors (Lipinski definition) is 0. The number of phosphoric acid groups is 1. The summed E-state index contributed by atoms with van der Waals surface area (Å²) in [5.41, 5.74) is 4.01. The fraction of sp³-hybridized carbons (Fsp3) is 0.211. The van der Waals surface area contributed by atoms with Crippen LogP contribution in [0.2, 0.25) is 0 Å². The summed E-state index contributed by atoms with van der Waals surface area (Å²) < 4.78 is 30.7. The largest absolute Gasteiger partial charge is 1.00 e.